The van der Waals surface area contributed by atoms with Crippen LogP contribution in [0.4, 0.5) is 5.69 Å². The van der Waals surface area contributed by atoms with Gasteiger partial charge in [-0.1, -0.05) is 34.8 Å². The molecule has 0 spiro atoms. The molecule has 1 N–H and O–H groups in total. The van der Waals surface area contributed by atoms with Gasteiger partial charge in [-0.05, 0) is 25.5 Å². The first-order chi connectivity index (χ1) is 7.65. The van der Waals surface area contributed by atoms with Crippen molar-refractivity contribution in [2.75, 3.05) is 25.1 Å². The van der Waals surface area contributed by atoms with Gasteiger partial charge in [-0.25, -0.2) is 0 Å². The number of rotatable bonds is 6. The van der Waals surface area contributed by atoms with Crippen LogP contribution in [0.25, 0.3) is 0 Å². The van der Waals surface area contributed by atoms with Crippen molar-refractivity contribution >= 4 is 40.5 Å². The third-order valence-corrected chi connectivity index (χ3v) is 2.79. The Morgan fingerprint density at radius 1 is 1.19 bits per heavy atom. The van der Waals surface area contributed by atoms with Crippen LogP contribution in [0.3, 0.4) is 0 Å². The number of anilines is 1. The normalized spacial score (nSPS) is 10.5. The summed E-state index contributed by atoms with van der Waals surface area (Å²) in [5, 5.41) is 4.77. The Labute approximate surface area is 111 Å². The second kappa shape index (κ2) is 7.23. The van der Waals surface area contributed by atoms with Gasteiger partial charge in [0.15, 0.2) is 0 Å². The van der Waals surface area contributed by atoms with Gasteiger partial charge in [0.2, 0.25) is 0 Å². The molecule has 0 saturated carbocycles. The van der Waals surface area contributed by atoms with E-state index in [1.54, 1.807) is 12.1 Å². The SMILES string of the molecule is CCOCCCNc1c(Cl)cc(Cl)cc1Cl. The van der Waals surface area contributed by atoms with Crippen LogP contribution < -0.4 is 5.32 Å². The maximum atomic E-state index is 6.01. The van der Waals surface area contributed by atoms with Gasteiger partial charge >= 0.3 is 0 Å². The zero-order valence-corrected chi connectivity index (χ0v) is 11.3. The van der Waals surface area contributed by atoms with E-state index in [2.05, 4.69) is 5.32 Å². The molecule has 0 aliphatic heterocycles. The second-order valence-electron chi connectivity index (χ2n) is 3.22. The molecule has 0 aromatic heterocycles. The molecule has 16 heavy (non-hydrogen) atoms. The monoisotopic (exact) mass is 281 g/mol. The van der Waals surface area contributed by atoms with Crippen molar-refractivity contribution in [2.45, 2.75) is 13.3 Å². The average Bonchev–Trinajstić information content (AvgIpc) is 2.20. The molecule has 0 bridgehead atoms. The zero-order chi connectivity index (χ0) is 12.0. The van der Waals surface area contributed by atoms with E-state index in [1.165, 1.54) is 0 Å². The lowest BCUT2D eigenvalue weighted by Gasteiger charge is -2.10. The molecule has 1 rings (SSSR count). The Hall–Kier alpha value is -0.150. The Morgan fingerprint density at radius 3 is 2.38 bits per heavy atom. The van der Waals surface area contributed by atoms with E-state index in [4.69, 9.17) is 39.5 Å². The van der Waals surface area contributed by atoms with Gasteiger partial charge in [0.1, 0.15) is 0 Å². The largest absolute Gasteiger partial charge is 0.383 e. The lowest BCUT2D eigenvalue weighted by atomic mass is 10.3. The molecule has 90 valence electrons. The summed E-state index contributed by atoms with van der Waals surface area (Å²) in [4.78, 5) is 0. The molecular formula is C11H14Cl3NO. The Balaban J connectivity index is 2.47. The summed E-state index contributed by atoms with van der Waals surface area (Å²) >= 11 is 17.8. The van der Waals surface area contributed by atoms with Gasteiger partial charge in [0, 0.05) is 24.8 Å². The number of hydrogen-bond donors (Lipinski definition) is 1. The van der Waals surface area contributed by atoms with E-state index < -0.39 is 0 Å². The van der Waals surface area contributed by atoms with Crippen molar-refractivity contribution in [2.24, 2.45) is 0 Å². The molecule has 2 nitrogen and oxygen atoms in total. The lowest BCUT2D eigenvalue weighted by molar-refractivity contribution is 0.147. The zero-order valence-electron chi connectivity index (χ0n) is 9.03. The first-order valence-corrected chi connectivity index (χ1v) is 6.24. The molecule has 0 saturated heterocycles. The highest BCUT2D eigenvalue weighted by molar-refractivity contribution is 6.41. The summed E-state index contributed by atoms with van der Waals surface area (Å²) in [5.74, 6) is 0. The van der Waals surface area contributed by atoms with Crippen molar-refractivity contribution in [3.8, 4) is 0 Å². The van der Waals surface area contributed by atoms with Crippen LogP contribution in [0.15, 0.2) is 12.1 Å². The number of ether oxygens (including phenoxy) is 1. The quantitative estimate of drug-likeness (QED) is 0.777. The molecular weight excluding hydrogens is 268 g/mol. The smallest absolute Gasteiger partial charge is 0.0720 e. The van der Waals surface area contributed by atoms with Crippen molar-refractivity contribution in [3.63, 3.8) is 0 Å². The highest BCUT2D eigenvalue weighted by Crippen LogP contribution is 2.33. The summed E-state index contributed by atoms with van der Waals surface area (Å²) in [6, 6.07) is 3.33. The van der Waals surface area contributed by atoms with Crippen LogP contribution in [0.2, 0.25) is 15.1 Å². The molecule has 1 aromatic rings. The Bertz CT molecular complexity index is 321. The number of halogens is 3. The molecule has 0 unspecified atom stereocenters. The highest BCUT2D eigenvalue weighted by Gasteiger charge is 2.06. The van der Waals surface area contributed by atoms with Crippen LogP contribution >= 0.6 is 34.8 Å². The summed E-state index contributed by atoms with van der Waals surface area (Å²) in [7, 11) is 0. The Morgan fingerprint density at radius 2 is 1.81 bits per heavy atom. The molecule has 0 heterocycles. The van der Waals surface area contributed by atoms with E-state index >= 15 is 0 Å². The van der Waals surface area contributed by atoms with Gasteiger partial charge in [-0.3, -0.25) is 0 Å². The molecule has 0 radical (unpaired) electrons. The molecule has 0 aliphatic carbocycles. The van der Waals surface area contributed by atoms with E-state index in [-0.39, 0.29) is 0 Å². The fourth-order valence-corrected chi connectivity index (χ4v) is 2.19. The standard InChI is InChI=1S/C11H14Cl3NO/c1-2-16-5-3-4-15-11-9(13)6-8(12)7-10(11)14/h6-7,15H,2-5H2,1H3. The number of benzene rings is 1. The van der Waals surface area contributed by atoms with Gasteiger partial charge in [-0.2, -0.15) is 0 Å². The van der Waals surface area contributed by atoms with E-state index in [9.17, 15) is 0 Å². The number of hydrogen-bond acceptors (Lipinski definition) is 2. The first kappa shape index (κ1) is 13.9. The second-order valence-corrected chi connectivity index (χ2v) is 4.47. The third-order valence-electron chi connectivity index (χ3n) is 1.98. The van der Waals surface area contributed by atoms with E-state index in [0.29, 0.717) is 15.1 Å². The minimum atomic E-state index is 0.536. The van der Waals surface area contributed by atoms with Gasteiger partial charge in [0.25, 0.3) is 0 Å². The van der Waals surface area contributed by atoms with Crippen molar-refractivity contribution in [1.82, 2.24) is 0 Å². The molecule has 0 aliphatic rings. The summed E-state index contributed by atoms with van der Waals surface area (Å²) in [6.45, 7) is 4.20. The molecule has 5 heteroatoms. The van der Waals surface area contributed by atoms with Crippen molar-refractivity contribution < 1.29 is 4.74 Å². The molecule has 1 aromatic carbocycles. The molecule has 0 fully saturated rings. The van der Waals surface area contributed by atoms with Gasteiger partial charge in [0.05, 0.1) is 15.7 Å². The maximum absolute atomic E-state index is 6.01. The van der Waals surface area contributed by atoms with Crippen LogP contribution in [0.5, 0.6) is 0 Å². The lowest BCUT2D eigenvalue weighted by Crippen LogP contribution is -2.06. The predicted molar refractivity (Wildman–Crippen MR) is 71.1 cm³/mol. The van der Waals surface area contributed by atoms with Crippen LogP contribution in [0, 0.1) is 0 Å². The summed E-state index contributed by atoms with van der Waals surface area (Å²) in [5.41, 5.74) is 0.726. The average molecular weight is 283 g/mol. The summed E-state index contributed by atoms with van der Waals surface area (Å²) in [6.07, 6.45) is 0.906. The minimum Gasteiger partial charge on any atom is -0.383 e. The van der Waals surface area contributed by atoms with E-state index in [0.717, 1.165) is 31.9 Å². The first-order valence-electron chi connectivity index (χ1n) is 5.11. The van der Waals surface area contributed by atoms with Crippen LogP contribution in [-0.2, 0) is 4.74 Å². The number of nitrogens with one attached hydrogen (secondary N) is 1. The Kier molecular flexibility index (Phi) is 6.29. The predicted octanol–water partition coefficient (Wildman–Crippen LogP) is 4.49. The van der Waals surface area contributed by atoms with Gasteiger partial charge < -0.3 is 10.1 Å². The van der Waals surface area contributed by atoms with Crippen LogP contribution in [0.1, 0.15) is 13.3 Å². The van der Waals surface area contributed by atoms with Crippen molar-refractivity contribution in [1.29, 1.82) is 0 Å². The van der Waals surface area contributed by atoms with E-state index in [1.807, 2.05) is 6.92 Å². The molecule has 0 atom stereocenters. The van der Waals surface area contributed by atoms with Crippen molar-refractivity contribution in [3.05, 3.63) is 27.2 Å². The minimum absolute atomic E-state index is 0.536. The fourth-order valence-electron chi connectivity index (χ4n) is 1.24. The fraction of sp³-hybridized carbons (Fsp3) is 0.455. The van der Waals surface area contributed by atoms with Gasteiger partial charge in [-0.15, -0.1) is 0 Å². The molecule has 0 amide bonds. The summed E-state index contributed by atoms with van der Waals surface area (Å²) < 4.78 is 5.22. The topological polar surface area (TPSA) is 21.3 Å². The highest BCUT2D eigenvalue weighted by atomic mass is 35.5. The third kappa shape index (κ3) is 4.38. The van der Waals surface area contributed by atoms with Crippen LogP contribution in [-0.4, -0.2) is 19.8 Å². The maximum Gasteiger partial charge on any atom is 0.0720 e.